The minimum Gasteiger partial charge on any atom is -0.216 e. The molecule has 0 amide bonds. The van der Waals surface area contributed by atoms with Crippen LogP contribution in [0.2, 0.25) is 0 Å². The van der Waals surface area contributed by atoms with Crippen LogP contribution in [0.5, 0.6) is 0 Å². The second-order valence-electron chi connectivity index (χ2n) is 4.82. The number of nitrogens with two attached hydrogens (primary N) is 1. The predicted molar refractivity (Wildman–Crippen MR) is 84.6 cm³/mol. The monoisotopic (exact) mass is 417 g/mol. The predicted octanol–water partition coefficient (Wildman–Crippen LogP) is 0.704. The second-order valence-corrected chi connectivity index (χ2v) is 10.8. The highest BCUT2D eigenvalue weighted by atomic mass is 79.9. The van der Waals surface area contributed by atoms with E-state index in [0.717, 1.165) is 21.5 Å². The Morgan fingerprint density at radius 1 is 1.38 bits per heavy atom. The molecule has 21 heavy (non-hydrogen) atoms. The minimum atomic E-state index is -3.75. The lowest BCUT2D eigenvalue weighted by Crippen LogP contribution is -2.44. The van der Waals surface area contributed by atoms with Gasteiger partial charge in [0.1, 0.15) is 4.21 Å². The molecule has 2 rings (SSSR count). The quantitative estimate of drug-likeness (QED) is 0.734. The van der Waals surface area contributed by atoms with Crippen molar-refractivity contribution in [3.63, 3.8) is 0 Å². The first-order valence-electron chi connectivity index (χ1n) is 6.21. The van der Waals surface area contributed by atoms with Crippen LogP contribution >= 0.6 is 27.3 Å². The van der Waals surface area contributed by atoms with Crippen LogP contribution in [0, 0.1) is 5.92 Å². The molecule has 0 saturated carbocycles. The Morgan fingerprint density at radius 3 is 2.67 bits per heavy atom. The zero-order valence-electron chi connectivity index (χ0n) is 11.0. The first kappa shape index (κ1) is 17.3. The second kappa shape index (κ2) is 6.60. The van der Waals surface area contributed by atoms with Gasteiger partial charge in [-0.25, -0.2) is 18.3 Å². The SMILES string of the molecule is NS(=O)(=O)NCC1CCCN(S(=O)(=O)c2ccc(Br)s2)C1. The lowest BCUT2D eigenvalue weighted by Gasteiger charge is -2.31. The number of nitrogens with zero attached hydrogens (tertiary/aromatic N) is 1. The molecule has 0 bridgehead atoms. The van der Waals surface area contributed by atoms with Crippen molar-refractivity contribution < 1.29 is 16.8 Å². The van der Waals surface area contributed by atoms with Crippen molar-refractivity contribution >= 4 is 47.5 Å². The van der Waals surface area contributed by atoms with Gasteiger partial charge in [-0.1, -0.05) is 0 Å². The summed E-state index contributed by atoms with van der Waals surface area (Å²) in [4.78, 5) is 0. The number of sulfonamides is 1. The molecule has 1 atom stereocenters. The Hall–Kier alpha value is -0.0400. The first-order chi connectivity index (χ1) is 9.68. The minimum absolute atomic E-state index is 0.0738. The Labute approximate surface area is 136 Å². The third-order valence-electron chi connectivity index (χ3n) is 3.20. The van der Waals surface area contributed by atoms with Crippen molar-refractivity contribution in [1.82, 2.24) is 9.03 Å². The van der Waals surface area contributed by atoms with Gasteiger partial charge in [-0.3, -0.25) is 0 Å². The normalized spacial score (nSPS) is 21.5. The largest absolute Gasteiger partial charge is 0.274 e. The summed E-state index contributed by atoms with van der Waals surface area (Å²) in [6, 6.07) is 3.26. The van der Waals surface area contributed by atoms with Gasteiger partial charge in [-0.05, 0) is 46.8 Å². The highest BCUT2D eigenvalue weighted by Crippen LogP contribution is 2.30. The fourth-order valence-electron chi connectivity index (χ4n) is 2.21. The molecule has 0 aromatic carbocycles. The van der Waals surface area contributed by atoms with Crippen LogP contribution in [0.25, 0.3) is 0 Å². The van der Waals surface area contributed by atoms with Crippen LogP contribution in [0.15, 0.2) is 20.1 Å². The molecule has 1 saturated heterocycles. The van der Waals surface area contributed by atoms with Crippen LogP contribution in [0.1, 0.15) is 12.8 Å². The molecule has 3 N–H and O–H groups in total. The fourth-order valence-corrected chi connectivity index (χ4v) is 6.40. The number of hydrogen-bond acceptors (Lipinski definition) is 5. The molecule has 120 valence electrons. The van der Waals surface area contributed by atoms with E-state index in [2.05, 4.69) is 20.7 Å². The maximum Gasteiger partial charge on any atom is 0.274 e. The van der Waals surface area contributed by atoms with Crippen molar-refractivity contribution in [2.24, 2.45) is 11.1 Å². The molecule has 0 radical (unpaired) electrons. The van der Waals surface area contributed by atoms with Crippen molar-refractivity contribution in [2.45, 2.75) is 17.1 Å². The molecule has 0 spiro atoms. The van der Waals surface area contributed by atoms with E-state index < -0.39 is 20.2 Å². The fraction of sp³-hybridized carbons (Fsp3) is 0.600. The molecule has 1 aliphatic heterocycles. The molecule has 1 aromatic rings. The van der Waals surface area contributed by atoms with Crippen LogP contribution in [0.3, 0.4) is 0 Å². The Morgan fingerprint density at radius 2 is 2.10 bits per heavy atom. The van der Waals surface area contributed by atoms with E-state index in [4.69, 9.17) is 5.14 Å². The summed E-state index contributed by atoms with van der Waals surface area (Å²) in [7, 11) is -7.26. The van der Waals surface area contributed by atoms with Gasteiger partial charge in [0.05, 0.1) is 3.79 Å². The molecule has 7 nitrogen and oxygen atoms in total. The van der Waals surface area contributed by atoms with Crippen LogP contribution < -0.4 is 9.86 Å². The maximum atomic E-state index is 12.5. The maximum absolute atomic E-state index is 12.5. The Bertz CT molecular complexity index is 701. The van der Waals surface area contributed by atoms with Crippen LogP contribution in [0.4, 0.5) is 0 Å². The molecule has 11 heteroatoms. The summed E-state index contributed by atoms with van der Waals surface area (Å²) in [5, 5.41) is 4.89. The molecule has 1 fully saturated rings. The summed E-state index contributed by atoms with van der Waals surface area (Å²) in [5.74, 6) is -0.0738. The smallest absolute Gasteiger partial charge is 0.216 e. The van der Waals surface area contributed by atoms with Crippen molar-refractivity contribution in [1.29, 1.82) is 0 Å². The molecule has 2 heterocycles. The molecule has 1 aliphatic rings. The van der Waals surface area contributed by atoms with Gasteiger partial charge in [0.2, 0.25) is 0 Å². The van der Waals surface area contributed by atoms with E-state index in [1.54, 1.807) is 12.1 Å². The number of halogens is 1. The van der Waals surface area contributed by atoms with Gasteiger partial charge in [-0.2, -0.15) is 12.7 Å². The average molecular weight is 418 g/mol. The van der Waals surface area contributed by atoms with E-state index in [9.17, 15) is 16.8 Å². The molecular formula is C10H16BrN3O4S3. The lowest BCUT2D eigenvalue weighted by atomic mass is 10.0. The zero-order chi connectivity index (χ0) is 15.7. The average Bonchev–Trinajstić information content (AvgIpc) is 2.83. The Kier molecular flexibility index (Phi) is 5.45. The third kappa shape index (κ3) is 4.71. The topological polar surface area (TPSA) is 110 Å². The highest BCUT2D eigenvalue weighted by molar-refractivity contribution is 9.11. The first-order valence-corrected chi connectivity index (χ1v) is 10.8. The summed E-state index contributed by atoms with van der Waals surface area (Å²) < 4.78 is 51.5. The number of hydrogen-bond donors (Lipinski definition) is 2. The lowest BCUT2D eigenvalue weighted by molar-refractivity contribution is 0.267. The summed E-state index contributed by atoms with van der Waals surface area (Å²) in [6.07, 6.45) is 1.46. The molecule has 0 aliphatic carbocycles. The van der Waals surface area contributed by atoms with Crippen LogP contribution in [-0.2, 0) is 20.2 Å². The van der Waals surface area contributed by atoms with Crippen molar-refractivity contribution in [2.75, 3.05) is 19.6 Å². The molecule has 1 unspecified atom stereocenters. The summed E-state index contributed by atoms with van der Waals surface area (Å²) in [6.45, 7) is 0.892. The standard InChI is InChI=1S/C10H16BrN3O4S3/c11-9-3-4-10(19-9)20(15,16)14-5-1-2-8(7-14)6-13-21(12,17)18/h3-4,8,13H,1-2,5-7H2,(H2,12,17,18). The number of nitrogens with one attached hydrogen (secondary N) is 1. The Balaban J connectivity index is 2.07. The molecule has 1 aromatic heterocycles. The van der Waals surface area contributed by atoms with Gasteiger partial charge in [0.15, 0.2) is 0 Å². The van der Waals surface area contributed by atoms with E-state index >= 15 is 0 Å². The van der Waals surface area contributed by atoms with Gasteiger partial charge >= 0.3 is 0 Å². The summed E-state index contributed by atoms with van der Waals surface area (Å²) in [5.41, 5.74) is 0. The van der Waals surface area contributed by atoms with E-state index in [0.29, 0.717) is 19.5 Å². The van der Waals surface area contributed by atoms with Gasteiger partial charge in [-0.15, -0.1) is 11.3 Å². The van der Waals surface area contributed by atoms with Gasteiger partial charge in [0.25, 0.3) is 20.2 Å². The number of piperidine rings is 1. The van der Waals surface area contributed by atoms with Crippen molar-refractivity contribution in [3.05, 3.63) is 15.9 Å². The van der Waals surface area contributed by atoms with E-state index in [1.807, 2.05) is 0 Å². The zero-order valence-corrected chi connectivity index (χ0v) is 15.1. The van der Waals surface area contributed by atoms with E-state index in [1.165, 1.54) is 4.31 Å². The number of thiophene rings is 1. The van der Waals surface area contributed by atoms with Crippen molar-refractivity contribution in [3.8, 4) is 0 Å². The molecular weight excluding hydrogens is 402 g/mol. The third-order valence-corrected chi connectivity index (χ3v) is 7.72. The van der Waals surface area contributed by atoms with E-state index in [-0.39, 0.29) is 16.7 Å². The summed E-state index contributed by atoms with van der Waals surface area (Å²) >= 11 is 4.41. The van der Waals surface area contributed by atoms with Crippen LogP contribution in [-0.4, -0.2) is 40.8 Å². The van der Waals surface area contributed by atoms with Gasteiger partial charge < -0.3 is 0 Å². The van der Waals surface area contributed by atoms with Gasteiger partial charge in [0, 0.05) is 19.6 Å². The number of rotatable bonds is 5. The highest BCUT2D eigenvalue weighted by Gasteiger charge is 2.31.